The first kappa shape index (κ1) is 14.0. The van der Waals surface area contributed by atoms with Gasteiger partial charge in [0.1, 0.15) is 5.76 Å². The molecule has 1 atom stereocenters. The van der Waals surface area contributed by atoms with E-state index in [0.717, 1.165) is 28.8 Å². The third kappa shape index (κ3) is 2.51. The number of halogens is 1. The molecule has 0 saturated carbocycles. The van der Waals surface area contributed by atoms with Gasteiger partial charge in [-0.1, -0.05) is 13.0 Å². The third-order valence-corrected chi connectivity index (χ3v) is 3.98. The van der Waals surface area contributed by atoms with Crippen molar-refractivity contribution >= 4 is 22.7 Å². The largest absolute Gasteiger partial charge is 0.469 e. The van der Waals surface area contributed by atoms with Gasteiger partial charge in [-0.25, -0.2) is 4.79 Å². The maximum Gasteiger partial charge on any atom is 0.419 e. The molecule has 4 nitrogen and oxygen atoms in total. The van der Waals surface area contributed by atoms with Crippen LogP contribution < -0.4 is 5.76 Å². The normalized spacial score (nSPS) is 12.9. The van der Waals surface area contributed by atoms with E-state index in [1.165, 1.54) is 0 Å². The van der Waals surface area contributed by atoms with E-state index in [9.17, 15) is 4.79 Å². The van der Waals surface area contributed by atoms with Gasteiger partial charge in [-0.2, -0.15) is 0 Å². The summed E-state index contributed by atoms with van der Waals surface area (Å²) >= 11 is 6.47. The minimum absolute atomic E-state index is 0.325. The van der Waals surface area contributed by atoms with Crippen molar-refractivity contribution in [1.29, 1.82) is 0 Å². The lowest BCUT2D eigenvalue weighted by molar-refractivity contribution is 0.502. The first-order valence-corrected chi connectivity index (χ1v) is 7.36. The highest BCUT2D eigenvalue weighted by Crippen LogP contribution is 2.31. The lowest BCUT2D eigenvalue weighted by Crippen LogP contribution is -2.13. The first-order valence-electron chi connectivity index (χ1n) is 6.92. The summed E-state index contributed by atoms with van der Waals surface area (Å²) < 4.78 is 12.2. The van der Waals surface area contributed by atoms with Crippen LogP contribution in [0, 0.1) is 6.92 Å². The minimum Gasteiger partial charge on any atom is -0.469 e. The van der Waals surface area contributed by atoms with Gasteiger partial charge in [0.05, 0.1) is 17.2 Å². The molecule has 0 aliphatic heterocycles. The maximum atomic E-state index is 11.8. The molecule has 0 N–H and O–H groups in total. The minimum atomic E-state index is -0.327. The summed E-state index contributed by atoms with van der Waals surface area (Å²) in [5, 5.41) is -0.327. The van der Waals surface area contributed by atoms with E-state index in [1.54, 1.807) is 10.8 Å². The van der Waals surface area contributed by atoms with Crippen LogP contribution in [0.3, 0.4) is 0 Å². The number of hydrogen-bond acceptors (Lipinski definition) is 3. The van der Waals surface area contributed by atoms with Gasteiger partial charge in [0.2, 0.25) is 0 Å². The number of benzene rings is 1. The van der Waals surface area contributed by atoms with E-state index < -0.39 is 0 Å². The predicted octanol–water partition coefficient (Wildman–Crippen LogP) is 4.23. The van der Waals surface area contributed by atoms with Crippen molar-refractivity contribution in [1.82, 2.24) is 4.57 Å². The summed E-state index contributed by atoms with van der Waals surface area (Å²) in [6.45, 7) is 4.55. The van der Waals surface area contributed by atoms with Crippen molar-refractivity contribution in [2.24, 2.45) is 0 Å². The lowest BCUT2D eigenvalue weighted by atomic mass is 10.1. The molecule has 5 heteroatoms. The van der Waals surface area contributed by atoms with Crippen LogP contribution in [0.25, 0.3) is 11.1 Å². The van der Waals surface area contributed by atoms with Gasteiger partial charge < -0.3 is 8.83 Å². The fraction of sp³-hybridized carbons (Fsp3) is 0.312. The summed E-state index contributed by atoms with van der Waals surface area (Å²) in [7, 11) is 0. The zero-order chi connectivity index (χ0) is 15.0. The van der Waals surface area contributed by atoms with Crippen LogP contribution in [0.15, 0.2) is 44.2 Å². The summed E-state index contributed by atoms with van der Waals surface area (Å²) in [6.07, 6.45) is 2.53. The lowest BCUT2D eigenvalue weighted by Gasteiger charge is -2.07. The monoisotopic (exact) mass is 305 g/mol. The molecule has 1 unspecified atom stereocenters. The van der Waals surface area contributed by atoms with E-state index in [0.29, 0.717) is 12.1 Å². The second kappa shape index (κ2) is 5.45. The number of aryl methyl sites for hydroxylation is 2. The van der Waals surface area contributed by atoms with E-state index in [4.69, 9.17) is 20.4 Å². The molecule has 0 saturated heterocycles. The molecule has 110 valence electrons. The molecule has 0 radical (unpaired) electrons. The number of aromatic nitrogens is 1. The van der Waals surface area contributed by atoms with Gasteiger partial charge >= 0.3 is 5.76 Å². The third-order valence-electron chi connectivity index (χ3n) is 3.48. The van der Waals surface area contributed by atoms with Crippen LogP contribution in [-0.4, -0.2) is 4.57 Å². The zero-order valence-corrected chi connectivity index (χ0v) is 12.7. The van der Waals surface area contributed by atoms with Crippen LogP contribution in [-0.2, 0) is 6.54 Å². The molecule has 3 rings (SSSR count). The number of fused-ring (bicyclic) bond motifs is 1. The molecular weight excluding hydrogens is 290 g/mol. The van der Waals surface area contributed by atoms with E-state index >= 15 is 0 Å². The molecule has 1 aromatic carbocycles. The molecule has 0 spiro atoms. The van der Waals surface area contributed by atoms with E-state index in [2.05, 4.69) is 0 Å². The maximum absolute atomic E-state index is 11.8. The molecule has 0 aliphatic carbocycles. The molecule has 3 aromatic rings. The van der Waals surface area contributed by atoms with Crippen LogP contribution in [0.1, 0.15) is 35.6 Å². The highest BCUT2D eigenvalue weighted by molar-refractivity contribution is 6.22. The molecule has 0 amide bonds. The van der Waals surface area contributed by atoms with Crippen molar-refractivity contribution in [3.8, 4) is 0 Å². The quantitative estimate of drug-likeness (QED) is 0.678. The number of furan rings is 1. The fourth-order valence-corrected chi connectivity index (χ4v) is 2.72. The van der Waals surface area contributed by atoms with E-state index in [-0.39, 0.29) is 11.1 Å². The molecule has 2 aromatic heterocycles. The topological polar surface area (TPSA) is 48.3 Å². The van der Waals surface area contributed by atoms with Crippen LogP contribution in [0.4, 0.5) is 0 Å². The number of rotatable bonds is 4. The zero-order valence-electron chi connectivity index (χ0n) is 11.9. The van der Waals surface area contributed by atoms with Crippen LogP contribution in [0.5, 0.6) is 0 Å². The standard InChI is InChI=1S/C16H16ClNO3/c1-3-6-18-13-5-4-11(8-14(13)21-16(18)19)15(17)12-7-10(2)20-9-12/h4-5,7-9,15H,3,6H2,1-2H3. The van der Waals surface area contributed by atoms with Crippen LogP contribution in [0.2, 0.25) is 0 Å². The van der Waals surface area contributed by atoms with Crippen molar-refractivity contribution in [3.05, 3.63) is 58.0 Å². The molecule has 0 aliphatic rings. The van der Waals surface area contributed by atoms with Gasteiger partial charge in [-0.3, -0.25) is 4.57 Å². The Labute approximate surface area is 126 Å². The Bertz CT molecular complexity index is 828. The van der Waals surface area contributed by atoms with Crippen molar-refractivity contribution in [2.75, 3.05) is 0 Å². The number of nitrogens with zero attached hydrogens (tertiary/aromatic N) is 1. The Morgan fingerprint density at radius 2 is 2.10 bits per heavy atom. The molecule has 2 heterocycles. The number of oxazole rings is 1. The molecule has 21 heavy (non-hydrogen) atoms. The van der Waals surface area contributed by atoms with Crippen molar-refractivity contribution in [3.63, 3.8) is 0 Å². The summed E-state index contributed by atoms with van der Waals surface area (Å²) in [5.74, 6) is 0.492. The van der Waals surface area contributed by atoms with Gasteiger partial charge in [-0.15, -0.1) is 11.6 Å². The Balaban J connectivity index is 2.03. The van der Waals surface area contributed by atoms with Gasteiger partial charge in [0, 0.05) is 12.1 Å². The van der Waals surface area contributed by atoms with Crippen LogP contribution >= 0.6 is 11.6 Å². The Morgan fingerprint density at radius 1 is 1.29 bits per heavy atom. The number of hydrogen-bond donors (Lipinski definition) is 0. The van der Waals surface area contributed by atoms with Crippen molar-refractivity contribution < 1.29 is 8.83 Å². The highest BCUT2D eigenvalue weighted by atomic mass is 35.5. The molecule has 0 bridgehead atoms. The highest BCUT2D eigenvalue weighted by Gasteiger charge is 2.16. The van der Waals surface area contributed by atoms with Gasteiger partial charge in [0.15, 0.2) is 5.58 Å². The van der Waals surface area contributed by atoms with Crippen molar-refractivity contribution in [2.45, 2.75) is 32.2 Å². The van der Waals surface area contributed by atoms with Gasteiger partial charge in [-0.05, 0) is 37.1 Å². The summed E-state index contributed by atoms with van der Waals surface area (Å²) in [4.78, 5) is 11.8. The second-order valence-electron chi connectivity index (χ2n) is 5.10. The van der Waals surface area contributed by atoms with Gasteiger partial charge in [0.25, 0.3) is 0 Å². The fourth-order valence-electron chi connectivity index (χ4n) is 2.47. The van der Waals surface area contributed by atoms with E-state index in [1.807, 2.05) is 38.1 Å². The first-order chi connectivity index (χ1) is 10.1. The summed E-state index contributed by atoms with van der Waals surface area (Å²) in [6, 6.07) is 7.53. The average molecular weight is 306 g/mol. The summed E-state index contributed by atoms with van der Waals surface area (Å²) in [5.41, 5.74) is 3.14. The predicted molar refractivity (Wildman–Crippen MR) is 81.9 cm³/mol. The average Bonchev–Trinajstić information content (AvgIpc) is 3.02. The second-order valence-corrected chi connectivity index (χ2v) is 5.54. The molecule has 0 fully saturated rings. The Hall–Kier alpha value is -1.94. The number of alkyl halides is 1. The smallest absolute Gasteiger partial charge is 0.419 e. The Morgan fingerprint density at radius 3 is 2.76 bits per heavy atom. The Kier molecular flexibility index (Phi) is 3.64. The molecular formula is C16H16ClNO3. The SMILES string of the molecule is CCCn1c(=O)oc2cc(C(Cl)c3coc(C)c3)ccc21.